The zero-order chi connectivity index (χ0) is 13.3. The molecule has 0 aliphatic carbocycles. The predicted octanol–water partition coefficient (Wildman–Crippen LogP) is 3.85. The first-order chi connectivity index (χ1) is 8.52. The van der Waals surface area contributed by atoms with Crippen LogP contribution in [0.1, 0.15) is 37.3 Å². The summed E-state index contributed by atoms with van der Waals surface area (Å²) in [6.45, 7) is 4.01. The van der Waals surface area contributed by atoms with E-state index in [4.69, 9.17) is 23.2 Å². The molecular weight excluding hydrogens is 271 g/mol. The molecule has 2 aromatic rings. The lowest BCUT2D eigenvalue weighted by atomic mass is 10.1. The van der Waals surface area contributed by atoms with E-state index in [2.05, 4.69) is 5.10 Å². The second kappa shape index (κ2) is 5.31. The van der Waals surface area contributed by atoms with E-state index in [1.807, 2.05) is 13.8 Å². The third kappa shape index (κ3) is 2.39. The summed E-state index contributed by atoms with van der Waals surface area (Å²) in [6, 6.07) is 7.17. The van der Waals surface area contributed by atoms with Gasteiger partial charge in [-0.1, -0.05) is 35.3 Å². The Hall–Kier alpha value is -1.03. The third-order valence-electron chi connectivity index (χ3n) is 2.75. The number of hydrogen-bond donors (Lipinski definition) is 1. The fraction of sp³-hybridized carbons (Fsp3) is 0.308. The molecule has 0 spiro atoms. The van der Waals surface area contributed by atoms with Gasteiger partial charge in [-0.2, -0.15) is 5.10 Å². The van der Waals surface area contributed by atoms with Gasteiger partial charge < -0.3 is 5.11 Å². The van der Waals surface area contributed by atoms with Gasteiger partial charge in [0.15, 0.2) is 0 Å². The Kier molecular flexibility index (Phi) is 3.95. The molecule has 1 N–H and O–H groups in total. The van der Waals surface area contributed by atoms with E-state index in [9.17, 15) is 5.11 Å². The van der Waals surface area contributed by atoms with Crippen molar-refractivity contribution in [3.8, 4) is 0 Å². The van der Waals surface area contributed by atoms with Crippen LogP contribution in [0, 0.1) is 0 Å². The number of rotatable bonds is 3. The van der Waals surface area contributed by atoms with E-state index >= 15 is 0 Å². The van der Waals surface area contributed by atoms with Gasteiger partial charge in [0.2, 0.25) is 0 Å². The smallest absolute Gasteiger partial charge is 0.122 e. The molecule has 0 radical (unpaired) electrons. The molecule has 18 heavy (non-hydrogen) atoms. The molecule has 3 nitrogen and oxygen atoms in total. The van der Waals surface area contributed by atoms with Crippen molar-refractivity contribution >= 4 is 23.2 Å². The van der Waals surface area contributed by atoms with Crippen LogP contribution in [0.5, 0.6) is 0 Å². The molecule has 0 aliphatic heterocycles. The molecule has 0 amide bonds. The molecule has 2 rings (SSSR count). The second-order valence-electron chi connectivity index (χ2n) is 4.34. The lowest BCUT2D eigenvalue weighted by Crippen LogP contribution is -2.12. The fourth-order valence-electron chi connectivity index (χ4n) is 1.86. The average molecular weight is 285 g/mol. The van der Waals surface area contributed by atoms with E-state index in [1.165, 1.54) is 0 Å². The highest BCUT2D eigenvalue weighted by Crippen LogP contribution is 2.33. The van der Waals surface area contributed by atoms with E-state index in [1.54, 1.807) is 35.1 Å². The molecule has 1 aromatic heterocycles. The monoisotopic (exact) mass is 284 g/mol. The van der Waals surface area contributed by atoms with Crippen LogP contribution in [0.25, 0.3) is 0 Å². The van der Waals surface area contributed by atoms with Crippen LogP contribution < -0.4 is 0 Å². The first kappa shape index (κ1) is 13.4. The predicted molar refractivity (Wildman–Crippen MR) is 73.1 cm³/mol. The maximum Gasteiger partial charge on any atom is 0.122 e. The van der Waals surface area contributed by atoms with Crippen molar-refractivity contribution in [3.63, 3.8) is 0 Å². The zero-order valence-electron chi connectivity index (χ0n) is 10.1. The highest BCUT2D eigenvalue weighted by molar-refractivity contribution is 6.42. The molecule has 0 bridgehead atoms. The Morgan fingerprint density at radius 1 is 1.22 bits per heavy atom. The van der Waals surface area contributed by atoms with Crippen molar-refractivity contribution in [1.29, 1.82) is 0 Å². The molecule has 1 aromatic carbocycles. The average Bonchev–Trinajstić information content (AvgIpc) is 2.81. The Balaban J connectivity index is 2.45. The molecule has 0 saturated heterocycles. The van der Waals surface area contributed by atoms with Gasteiger partial charge in [0.1, 0.15) is 6.10 Å². The van der Waals surface area contributed by atoms with Gasteiger partial charge in [-0.3, -0.25) is 4.68 Å². The molecule has 1 atom stereocenters. The zero-order valence-corrected chi connectivity index (χ0v) is 11.7. The molecule has 0 saturated carbocycles. The van der Waals surface area contributed by atoms with Crippen molar-refractivity contribution in [2.75, 3.05) is 0 Å². The normalized spacial score (nSPS) is 13.0. The molecule has 1 heterocycles. The van der Waals surface area contributed by atoms with Gasteiger partial charge in [-0.05, 0) is 26.0 Å². The number of aliphatic hydroxyl groups is 1. The van der Waals surface area contributed by atoms with Gasteiger partial charge >= 0.3 is 0 Å². The second-order valence-corrected chi connectivity index (χ2v) is 5.13. The van der Waals surface area contributed by atoms with Gasteiger partial charge in [0.05, 0.1) is 15.7 Å². The first-order valence-corrected chi connectivity index (χ1v) is 6.43. The van der Waals surface area contributed by atoms with Crippen molar-refractivity contribution in [2.45, 2.75) is 26.0 Å². The number of aromatic nitrogens is 2. The summed E-state index contributed by atoms with van der Waals surface area (Å²) in [5.41, 5.74) is 1.29. The Labute approximate surface area is 116 Å². The minimum Gasteiger partial charge on any atom is -0.382 e. The number of hydrogen-bond acceptors (Lipinski definition) is 2. The van der Waals surface area contributed by atoms with Crippen molar-refractivity contribution in [2.24, 2.45) is 0 Å². The van der Waals surface area contributed by atoms with Crippen LogP contribution in [0.15, 0.2) is 30.5 Å². The standard InChI is InChI=1S/C13H14Cl2N2O/c1-8(2)17-11(6-7-16-17)13(18)9-4-3-5-10(14)12(9)15/h3-8,13,18H,1-2H3. The molecule has 96 valence electrons. The summed E-state index contributed by atoms with van der Waals surface area (Å²) < 4.78 is 1.77. The molecule has 0 aliphatic rings. The van der Waals surface area contributed by atoms with Crippen molar-refractivity contribution in [3.05, 3.63) is 51.8 Å². The van der Waals surface area contributed by atoms with Crippen molar-refractivity contribution in [1.82, 2.24) is 9.78 Å². The molecule has 5 heteroatoms. The largest absolute Gasteiger partial charge is 0.382 e. The van der Waals surface area contributed by atoms with Gasteiger partial charge in [0.25, 0.3) is 0 Å². The summed E-state index contributed by atoms with van der Waals surface area (Å²) >= 11 is 12.1. The van der Waals surface area contributed by atoms with Gasteiger partial charge in [-0.25, -0.2) is 0 Å². The van der Waals surface area contributed by atoms with Gasteiger partial charge in [0, 0.05) is 17.8 Å². The highest BCUT2D eigenvalue weighted by Gasteiger charge is 2.20. The molecule has 0 fully saturated rings. The molecule has 1 unspecified atom stereocenters. The van der Waals surface area contributed by atoms with E-state index in [0.717, 1.165) is 0 Å². The van der Waals surface area contributed by atoms with Crippen LogP contribution in [-0.4, -0.2) is 14.9 Å². The topological polar surface area (TPSA) is 38.0 Å². The van der Waals surface area contributed by atoms with E-state index < -0.39 is 6.10 Å². The Bertz CT molecular complexity index is 552. The SMILES string of the molecule is CC(C)n1nccc1C(O)c1cccc(Cl)c1Cl. The van der Waals surface area contributed by atoms with Crippen LogP contribution in [-0.2, 0) is 0 Å². The van der Waals surface area contributed by atoms with Crippen LogP contribution in [0.2, 0.25) is 10.0 Å². The molecular formula is C13H14Cl2N2O. The Morgan fingerprint density at radius 2 is 1.94 bits per heavy atom. The lowest BCUT2D eigenvalue weighted by molar-refractivity contribution is 0.205. The lowest BCUT2D eigenvalue weighted by Gasteiger charge is -2.17. The van der Waals surface area contributed by atoms with Crippen LogP contribution >= 0.6 is 23.2 Å². The summed E-state index contributed by atoms with van der Waals surface area (Å²) in [4.78, 5) is 0. The van der Waals surface area contributed by atoms with Crippen LogP contribution in [0.3, 0.4) is 0 Å². The summed E-state index contributed by atoms with van der Waals surface area (Å²) in [5.74, 6) is 0. The van der Waals surface area contributed by atoms with Gasteiger partial charge in [-0.15, -0.1) is 0 Å². The minimum absolute atomic E-state index is 0.169. The maximum absolute atomic E-state index is 10.4. The number of aliphatic hydroxyl groups excluding tert-OH is 1. The number of nitrogens with zero attached hydrogens (tertiary/aromatic N) is 2. The Morgan fingerprint density at radius 3 is 2.61 bits per heavy atom. The minimum atomic E-state index is -0.832. The summed E-state index contributed by atoms with van der Waals surface area (Å²) in [5, 5.41) is 15.4. The van der Waals surface area contributed by atoms with E-state index in [0.29, 0.717) is 21.3 Å². The number of halogens is 2. The van der Waals surface area contributed by atoms with E-state index in [-0.39, 0.29) is 6.04 Å². The first-order valence-electron chi connectivity index (χ1n) is 5.67. The quantitative estimate of drug-likeness (QED) is 0.930. The van der Waals surface area contributed by atoms with Crippen LogP contribution in [0.4, 0.5) is 0 Å². The summed E-state index contributed by atoms with van der Waals surface area (Å²) in [6.07, 6.45) is 0.831. The highest BCUT2D eigenvalue weighted by atomic mass is 35.5. The summed E-state index contributed by atoms with van der Waals surface area (Å²) in [7, 11) is 0. The third-order valence-corrected chi connectivity index (χ3v) is 3.58. The fourth-order valence-corrected chi connectivity index (χ4v) is 2.27. The van der Waals surface area contributed by atoms with Crippen molar-refractivity contribution < 1.29 is 5.11 Å². The number of benzene rings is 1. The maximum atomic E-state index is 10.4.